The van der Waals surface area contributed by atoms with Crippen molar-refractivity contribution in [2.24, 2.45) is 5.41 Å². The number of halogens is 3. The first kappa shape index (κ1) is 16.9. The summed E-state index contributed by atoms with van der Waals surface area (Å²) in [6.45, 7) is 4.87. The molecule has 8 heteroatoms. The smallest absolute Gasteiger partial charge is 0.433 e. The molecule has 0 spiro atoms. The Balaban J connectivity index is 2.92. The number of alkyl halides is 3. The number of carbonyl (C=O) groups excluding carboxylic acids is 1. The number of pyridine rings is 1. The number of rotatable bonds is 3. The SMILES string of the molecule is CC(C)(C)[C@H](NC(=O)c1ccc(C(F)(F)F)nc1)C(=O)O. The summed E-state index contributed by atoms with van der Waals surface area (Å²) in [7, 11) is 0. The molecular weight excluding hydrogens is 289 g/mol. The molecule has 1 rings (SSSR count). The van der Waals surface area contributed by atoms with Crippen molar-refractivity contribution in [1.29, 1.82) is 0 Å². The molecular formula is C13H15F3N2O3. The Labute approximate surface area is 119 Å². The molecule has 0 aliphatic heterocycles. The van der Waals surface area contributed by atoms with E-state index in [1.807, 2.05) is 0 Å². The van der Waals surface area contributed by atoms with Gasteiger partial charge in [-0.3, -0.25) is 9.78 Å². The summed E-state index contributed by atoms with van der Waals surface area (Å²) < 4.78 is 37.1. The quantitative estimate of drug-likeness (QED) is 0.898. The van der Waals surface area contributed by atoms with Gasteiger partial charge in [0.2, 0.25) is 0 Å². The van der Waals surface area contributed by atoms with Crippen LogP contribution in [0.15, 0.2) is 18.3 Å². The molecule has 1 aromatic heterocycles. The first-order valence-corrected chi connectivity index (χ1v) is 6.00. The van der Waals surface area contributed by atoms with Crippen LogP contribution in [0.2, 0.25) is 0 Å². The highest BCUT2D eigenvalue weighted by molar-refractivity contribution is 5.96. The highest BCUT2D eigenvalue weighted by Crippen LogP contribution is 2.27. The average Bonchev–Trinajstić information content (AvgIpc) is 2.33. The topological polar surface area (TPSA) is 79.3 Å². The minimum atomic E-state index is -4.59. The van der Waals surface area contributed by atoms with E-state index in [0.717, 1.165) is 12.3 Å². The lowest BCUT2D eigenvalue weighted by Crippen LogP contribution is -2.49. The summed E-state index contributed by atoms with van der Waals surface area (Å²) in [5.74, 6) is -2.02. The van der Waals surface area contributed by atoms with E-state index in [9.17, 15) is 22.8 Å². The fraction of sp³-hybridized carbons (Fsp3) is 0.462. The van der Waals surface area contributed by atoms with Gasteiger partial charge in [-0.15, -0.1) is 0 Å². The van der Waals surface area contributed by atoms with Gasteiger partial charge in [0, 0.05) is 6.20 Å². The van der Waals surface area contributed by atoms with E-state index in [0.29, 0.717) is 6.07 Å². The van der Waals surface area contributed by atoms with Gasteiger partial charge in [-0.2, -0.15) is 13.2 Å². The molecule has 116 valence electrons. The van der Waals surface area contributed by atoms with Crippen LogP contribution in [0.3, 0.4) is 0 Å². The Kier molecular flexibility index (Phi) is 4.60. The van der Waals surface area contributed by atoms with Crippen LogP contribution in [0, 0.1) is 5.41 Å². The van der Waals surface area contributed by atoms with Crippen LogP contribution in [0.1, 0.15) is 36.8 Å². The highest BCUT2D eigenvalue weighted by atomic mass is 19.4. The van der Waals surface area contributed by atoms with Gasteiger partial charge in [0.05, 0.1) is 5.56 Å². The maximum Gasteiger partial charge on any atom is 0.433 e. The van der Waals surface area contributed by atoms with Crippen LogP contribution in [0.4, 0.5) is 13.2 Å². The predicted octanol–water partition coefficient (Wildman–Crippen LogP) is 2.33. The number of nitrogens with one attached hydrogen (secondary N) is 1. The highest BCUT2D eigenvalue weighted by Gasteiger charge is 2.34. The lowest BCUT2D eigenvalue weighted by atomic mass is 9.86. The van der Waals surface area contributed by atoms with Crippen LogP contribution in [-0.4, -0.2) is 28.0 Å². The predicted molar refractivity (Wildman–Crippen MR) is 67.6 cm³/mol. The second-order valence-corrected chi connectivity index (χ2v) is 5.54. The van der Waals surface area contributed by atoms with Gasteiger partial charge < -0.3 is 10.4 Å². The van der Waals surface area contributed by atoms with Gasteiger partial charge in [-0.05, 0) is 17.5 Å². The van der Waals surface area contributed by atoms with Crippen molar-refractivity contribution in [3.8, 4) is 0 Å². The van der Waals surface area contributed by atoms with Crippen molar-refractivity contribution in [2.75, 3.05) is 0 Å². The molecule has 0 fully saturated rings. The van der Waals surface area contributed by atoms with Crippen LogP contribution < -0.4 is 5.32 Å². The average molecular weight is 304 g/mol. The van der Waals surface area contributed by atoms with Crippen molar-refractivity contribution < 1.29 is 27.9 Å². The van der Waals surface area contributed by atoms with E-state index in [1.165, 1.54) is 0 Å². The molecule has 5 nitrogen and oxygen atoms in total. The standard InChI is InChI=1S/C13H15F3N2O3/c1-12(2,3)9(11(20)21)18-10(19)7-4-5-8(17-6-7)13(14,15)16/h4-6,9H,1-3H3,(H,18,19)(H,20,21)/t9-/m1/s1. The number of aliphatic carboxylic acids is 1. The summed E-state index contributed by atoms with van der Waals surface area (Å²) in [4.78, 5) is 26.1. The Morgan fingerprint density at radius 3 is 2.14 bits per heavy atom. The molecule has 1 atom stereocenters. The zero-order valence-electron chi connectivity index (χ0n) is 11.7. The van der Waals surface area contributed by atoms with Gasteiger partial charge >= 0.3 is 12.1 Å². The lowest BCUT2D eigenvalue weighted by Gasteiger charge is -2.27. The molecule has 0 aliphatic rings. The summed E-state index contributed by atoms with van der Waals surface area (Å²) in [5.41, 5.74) is -2.01. The van der Waals surface area contributed by atoms with E-state index in [2.05, 4.69) is 10.3 Å². The first-order valence-electron chi connectivity index (χ1n) is 6.00. The van der Waals surface area contributed by atoms with Gasteiger partial charge in [0.15, 0.2) is 0 Å². The van der Waals surface area contributed by atoms with Gasteiger partial charge in [-0.1, -0.05) is 20.8 Å². The molecule has 2 N–H and O–H groups in total. The van der Waals surface area contributed by atoms with E-state index >= 15 is 0 Å². The number of carbonyl (C=O) groups is 2. The number of hydrogen-bond acceptors (Lipinski definition) is 3. The van der Waals surface area contributed by atoms with Crippen LogP contribution >= 0.6 is 0 Å². The second-order valence-electron chi connectivity index (χ2n) is 5.54. The summed E-state index contributed by atoms with van der Waals surface area (Å²) >= 11 is 0. The summed E-state index contributed by atoms with van der Waals surface area (Å²) in [6.07, 6.45) is -3.83. The van der Waals surface area contributed by atoms with Crippen molar-refractivity contribution in [2.45, 2.75) is 33.0 Å². The number of carboxylic acid groups (broad SMARTS) is 1. The van der Waals surface area contributed by atoms with Crippen molar-refractivity contribution >= 4 is 11.9 Å². The number of nitrogens with zero attached hydrogens (tertiary/aromatic N) is 1. The largest absolute Gasteiger partial charge is 0.480 e. The van der Waals surface area contributed by atoms with Crippen molar-refractivity contribution in [1.82, 2.24) is 10.3 Å². The van der Waals surface area contributed by atoms with Crippen molar-refractivity contribution in [3.05, 3.63) is 29.6 Å². The van der Waals surface area contributed by atoms with Crippen LogP contribution in [0.25, 0.3) is 0 Å². The third kappa shape index (κ3) is 4.44. The summed E-state index contributed by atoms with van der Waals surface area (Å²) in [6, 6.07) is 0.446. The van der Waals surface area contributed by atoms with Crippen LogP contribution in [0.5, 0.6) is 0 Å². The molecule has 21 heavy (non-hydrogen) atoms. The fourth-order valence-corrected chi connectivity index (χ4v) is 1.56. The molecule has 0 saturated heterocycles. The Hall–Kier alpha value is -2.12. The van der Waals surface area contributed by atoms with E-state index in [1.54, 1.807) is 20.8 Å². The third-order valence-corrected chi connectivity index (χ3v) is 2.70. The zero-order valence-corrected chi connectivity index (χ0v) is 11.7. The van der Waals surface area contributed by atoms with E-state index in [-0.39, 0.29) is 5.56 Å². The number of aromatic nitrogens is 1. The van der Waals surface area contributed by atoms with E-state index in [4.69, 9.17) is 5.11 Å². The Morgan fingerprint density at radius 1 is 1.24 bits per heavy atom. The van der Waals surface area contributed by atoms with Crippen molar-refractivity contribution in [3.63, 3.8) is 0 Å². The molecule has 0 unspecified atom stereocenters. The van der Waals surface area contributed by atoms with Gasteiger partial charge in [0.25, 0.3) is 5.91 Å². The van der Waals surface area contributed by atoms with E-state index < -0.39 is 35.2 Å². The molecule has 1 amide bonds. The lowest BCUT2D eigenvalue weighted by molar-refractivity contribution is -0.142. The normalized spacial score (nSPS) is 13.6. The molecule has 0 radical (unpaired) electrons. The Bertz CT molecular complexity index is 533. The maximum absolute atomic E-state index is 12.4. The molecule has 0 saturated carbocycles. The maximum atomic E-state index is 12.4. The van der Waals surface area contributed by atoms with Gasteiger partial charge in [-0.25, -0.2) is 4.79 Å². The number of amides is 1. The molecule has 0 aliphatic carbocycles. The minimum absolute atomic E-state index is 0.140. The number of carboxylic acids is 1. The monoisotopic (exact) mass is 304 g/mol. The molecule has 1 heterocycles. The molecule has 0 aromatic carbocycles. The van der Waals surface area contributed by atoms with Gasteiger partial charge in [0.1, 0.15) is 11.7 Å². The minimum Gasteiger partial charge on any atom is -0.480 e. The Morgan fingerprint density at radius 2 is 1.81 bits per heavy atom. The van der Waals surface area contributed by atoms with Crippen LogP contribution in [-0.2, 0) is 11.0 Å². The molecule has 1 aromatic rings. The third-order valence-electron chi connectivity index (χ3n) is 2.70. The fourth-order valence-electron chi connectivity index (χ4n) is 1.56. The first-order chi connectivity index (χ1) is 9.43. The second kappa shape index (κ2) is 5.71. The number of hydrogen-bond donors (Lipinski definition) is 2. The molecule has 0 bridgehead atoms. The summed E-state index contributed by atoms with van der Waals surface area (Å²) in [5, 5.41) is 11.3. The zero-order chi connectivity index (χ0) is 16.4.